The SMILES string of the molecule is CC[C@H](C)c1ccccc1NC(=O)[C@@H](C)OC(=O)c1c(NC(C)=O)sc(C)c1C. The van der Waals surface area contributed by atoms with Gasteiger partial charge < -0.3 is 15.4 Å². The number of ether oxygens (including phenoxy) is 1. The molecule has 0 aliphatic heterocycles. The lowest BCUT2D eigenvalue weighted by Gasteiger charge is -2.18. The molecule has 2 N–H and O–H groups in total. The van der Waals surface area contributed by atoms with E-state index in [1.165, 1.54) is 25.2 Å². The summed E-state index contributed by atoms with van der Waals surface area (Å²) in [6.07, 6.45) is -0.0441. The molecule has 2 rings (SSSR count). The molecule has 1 aromatic carbocycles. The van der Waals surface area contributed by atoms with Gasteiger partial charge >= 0.3 is 5.97 Å². The first-order chi connectivity index (χ1) is 13.6. The highest BCUT2D eigenvalue weighted by Gasteiger charge is 2.26. The van der Waals surface area contributed by atoms with E-state index in [2.05, 4.69) is 24.5 Å². The quantitative estimate of drug-likeness (QED) is 0.621. The molecule has 0 unspecified atom stereocenters. The van der Waals surface area contributed by atoms with Crippen LogP contribution in [0.4, 0.5) is 10.7 Å². The number of anilines is 2. The fraction of sp³-hybridized carbons (Fsp3) is 0.409. The van der Waals surface area contributed by atoms with Gasteiger partial charge in [-0.2, -0.15) is 0 Å². The molecule has 0 spiro atoms. The summed E-state index contributed by atoms with van der Waals surface area (Å²) in [4.78, 5) is 37.7. The Morgan fingerprint density at radius 3 is 2.38 bits per heavy atom. The van der Waals surface area contributed by atoms with Crippen molar-refractivity contribution in [3.63, 3.8) is 0 Å². The Bertz CT molecular complexity index is 920. The van der Waals surface area contributed by atoms with Crippen LogP contribution in [0.25, 0.3) is 0 Å². The van der Waals surface area contributed by atoms with Gasteiger partial charge in [0.25, 0.3) is 5.91 Å². The second-order valence-corrected chi connectivity index (χ2v) is 8.33. The Balaban J connectivity index is 2.15. The van der Waals surface area contributed by atoms with Crippen molar-refractivity contribution in [1.82, 2.24) is 0 Å². The third-order valence-electron chi connectivity index (χ3n) is 4.89. The molecular formula is C22H28N2O4S. The number of rotatable bonds is 7. The molecule has 0 aliphatic rings. The van der Waals surface area contributed by atoms with Crippen LogP contribution in [-0.2, 0) is 14.3 Å². The van der Waals surface area contributed by atoms with Crippen molar-refractivity contribution in [2.45, 2.75) is 60.0 Å². The van der Waals surface area contributed by atoms with E-state index < -0.39 is 18.0 Å². The highest BCUT2D eigenvalue weighted by molar-refractivity contribution is 7.16. The van der Waals surface area contributed by atoms with Crippen LogP contribution in [-0.4, -0.2) is 23.9 Å². The minimum Gasteiger partial charge on any atom is -0.449 e. The number of esters is 1. The summed E-state index contributed by atoms with van der Waals surface area (Å²) >= 11 is 1.31. The third kappa shape index (κ3) is 5.44. The summed E-state index contributed by atoms with van der Waals surface area (Å²) < 4.78 is 5.42. The highest BCUT2D eigenvalue weighted by Crippen LogP contribution is 2.33. The molecule has 1 heterocycles. The molecule has 29 heavy (non-hydrogen) atoms. The van der Waals surface area contributed by atoms with Crippen LogP contribution in [0.3, 0.4) is 0 Å². The second kappa shape index (κ2) is 9.69. The van der Waals surface area contributed by atoms with E-state index in [0.29, 0.717) is 16.5 Å². The number of hydrogen-bond donors (Lipinski definition) is 2. The standard InChI is InChI=1S/C22H28N2O4S/c1-7-12(2)17-10-8-9-11-18(17)24-20(26)14(4)28-22(27)19-13(3)15(5)29-21(19)23-16(6)25/h8-12,14H,7H2,1-6H3,(H,23,25)(H,24,26)/t12-,14+/m0/s1. The summed E-state index contributed by atoms with van der Waals surface area (Å²) in [5, 5.41) is 5.97. The van der Waals surface area contributed by atoms with Crippen molar-refractivity contribution in [3.05, 3.63) is 45.8 Å². The predicted molar refractivity (Wildman–Crippen MR) is 117 cm³/mol. The summed E-state index contributed by atoms with van der Waals surface area (Å²) in [5.41, 5.74) is 2.79. The number of carbonyl (C=O) groups is 3. The monoisotopic (exact) mass is 416 g/mol. The van der Waals surface area contributed by atoms with Gasteiger partial charge in [0.15, 0.2) is 6.10 Å². The van der Waals surface area contributed by atoms with Gasteiger partial charge in [0.1, 0.15) is 5.00 Å². The van der Waals surface area contributed by atoms with Crippen LogP contribution in [0.15, 0.2) is 24.3 Å². The van der Waals surface area contributed by atoms with Gasteiger partial charge in [-0.25, -0.2) is 4.79 Å². The van der Waals surface area contributed by atoms with E-state index >= 15 is 0 Å². The average molecular weight is 417 g/mol. The molecule has 1 aromatic heterocycles. The van der Waals surface area contributed by atoms with Crippen LogP contribution >= 0.6 is 11.3 Å². The molecule has 2 amide bonds. The normalized spacial score (nSPS) is 12.8. The largest absolute Gasteiger partial charge is 0.449 e. The molecule has 0 radical (unpaired) electrons. The van der Waals surface area contributed by atoms with Gasteiger partial charge in [-0.3, -0.25) is 9.59 Å². The molecule has 2 atom stereocenters. The number of para-hydroxylation sites is 1. The van der Waals surface area contributed by atoms with Crippen molar-refractivity contribution >= 4 is 39.8 Å². The molecule has 156 valence electrons. The lowest BCUT2D eigenvalue weighted by atomic mass is 9.97. The lowest BCUT2D eigenvalue weighted by Crippen LogP contribution is -2.30. The van der Waals surface area contributed by atoms with Crippen LogP contribution < -0.4 is 10.6 Å². The number of thiophene rings is 1. The second-order valence-electron chi connectivity index (χ2n) is 7.10. The molecular weight excluding hydrogens is 388 g/mol. The summed E-state index contributed by atoms with van der Waals surface area (Å²) in [6.45, 7) is 10.8. The van der Waals surface area contributed by atoms with Gasteiger partial charge in [-0.1, -0.05) is 32.0 Å². The number of nitrogens with one attached hydrogen (secondary N) is 2. The van der Waals surface area contributed by atoms with Crippen LogP contribution in [0.5, 0.6) is 0 Å². The van der Waals surface area contributed by atoms with Crippen molar-refractivity contribution in [2.75, 3.05) is 10.6 Å². The zero-order valence-corrected chi connectivity index (χ0v) is 18.5. The van der Waals surface area contributed by atoms with E-state index in [1.54, 1.807) is 6.92 Å². The Labute approximate surface area is 175 Å². The first-order valence-corrected chi connectivity index (χ1v) is 10.5. The topological polar surface area (TPSA) is 84.5 Å². The van der Waals surface area contributed by atoms with Crippen LogP contribution in [0.1, 0.15) is 66.4 Å². The average Bonchev–Trinajstić information content (AvgIpc) is 2.94. The Kier molecular flexibility index (Phi) is 7.56. The number of amides is 2. The molecule has 0 aliphatic carbocycles. The van der Waals surface area contributed by atoms with E-state index in [9.17, 15) is 14.4 Å². The van der Waals surface area contributed by atoms with Gasteiger partial charge in [0, 0.05) is 17.5 Å². The zero-order valence-electron chi connectivity index (χ0n) is 17.7. The Morgan fingerprint density at radius 2 is 1.76 bits per heavy atom. The van der Waals surface area contributed by atoms with Crippen LogP contribution in [0, 0.1) is 13.8 Å². The first-order valence-electron chi connectivity index (χ1n) is 9.64. The predicted octanol–water partition coefficient (Wildman–Crippen LogP) is 5.02. The molecule has 0 saturated heterocycles. The minimum atomic E-state index is -0.989. The van der Waals surface area contributed by atoms with Crippen molar-refractivity contribution in [2.24, 2.45) is 0 Å². The molecule has 6 nitrogen and oxygen atoms in total. The molecule has 0 saturated carbocycles. The Morgan fingerprint density at radius 1 is 1.10 bits per heavy atom. The molecule has 0 bridgehead atoms. The number of hydrogen-bond acceptors (Lipinski definition) is 5. The zero-order chi connectivity index (χ0) is 21.7. The third-order valence-corrected chi connectivity index (χ3v) is 6.02. The maximum Gasteiger partial charge on any atom is 0.342 e. The first kappa shape index (κ1) is 22.6. The maximum atomic E-state index is 12.7. The van der Waals surface area contributed by atoms with Crippen LogP contribution in [0.2, 0.25) is 0 Å². The van der Waals surface area contributed by atoms with E-state index in [1.807, 2.05) is 31.2 Å². The maximum absolute atomic E-state index is 12.7. The lowest BCUT2D eigenvalue weighted by molar-refractivity contribution is -0.123. The fourth-order valence-electron chi connectivity index (χ4n) is 2.89. The molecule has 0 fully saturated rings. The van der Waals surface area contributed by atoms with Gasteiger partial charge in [0.05, 0.1) is 5.56 Å². The van der Waals surface area contributed by atoms with E-state index in [4.69, 9.17) is 4.74 Å². The Hall–Kier alpha value is -2.67. The van der Waals surface area contributed by atoms with Gasteiger partial charge in [-0.05, 0) is 50.3 Å². The fourth-order valence-corrected chi connectivity index (χ4v) is 3.98. The molecule has 2 aromatic rings. The van der Waals surface area contributed by atoms with Crippen molar-refractivity contribution < 1.29 is 19.1 Å². The summed E-state index contributed by atoms with van der Waals surface area (Å²) in [7, 11) is 0. The number of carbonyl (C=O) groups excluding carboxylic acids is 3. The summed E-state index contributed by atoms with van der Waals surface area (Å²) in [6, 6.07) is 7.62. The van der Waals surface area contributed by atoms with Crippen molar-refractivity contribution in [1.29, 1.82) is 0 Å². The minimum absolute atomic E-state index is 0.271. The smallest absolute Gasteiger partial charge is 0.342 e. The van der Waals surface area contributed by atoms with E-state index in [0.717, 1.165) is 28.1 Å². The van der Waals surface area contributed by atoms with E-state index in [-0.39, 0.29) is 5.91 Å². The number of benzene rings is 1. The number of aryl methyl sites for hydroxylation is 1. The summed E-state index contributed by atoms with van der Waals surface area (Å²) in [5.74, 6) is -1.01. The highest BCUT2D eigenvalue weighted by atomic mass is 32.1. The van der Waals surface area contributed by atoms with Gasteiger partial charge in [-0.15, -0.1) is 11.3 Å². The van der Waals surface area contributed by atoms with Gasteiger partial charge in [0.2, 0.25) is 5.91 Å². The molecule has 7 heteroatoms. The van der Waals surface area contributed by atoms with Crippen molar-refractivity contribution in [3.8, 4) is 0 Å².